The number of hydrogen-bond acceptors (Lipinski definition) is 4. The van der Waals surface area contributed by atoms with Gasteiger partial charge in [0.05, 0.1) is 28.0 Å². The van der Waals surface area contributed by atoms with Crippen molar-refractivity contribution in [3.8, 4) is 11.4 Å². The Bertz CT molecular complexity index is 997. The van der Waals surface area contributed by atoms with Crippen molar-refractivity contribution in [1.29, 1.82) is 0 Å². The predicted octanol–water partition coefficient (Wildman–Crippen LogP) is 3.66. The summed E-state index contributed by atoms with van der Waals surface area (Å²) < 4.78 is 0. The van der Waals surface area contributed by atoms with E-state index in [9.17, 15) is 4.79 Å². The number of hydrogen-bond donors (Lipinski definition) is 0. The first-order valence-electron chi connectivity index (χ1n) is 6.93. The van der Waals surface area contributed by atoms with Crippen molar-refractivity contribution in [3.63, 3.8) is 0 Å². The Kier molecular flexibility index (Phi) is 2.86. The quantitative estimate of drug-likeness (QED) is 0.416. The molecule has 3 heterocycles. The standard InChI is InChI=1S/C18H11N3O/c22-11-13-12-5-1-2-6-14(12)20-17-9-8-16(21-18(13)17)15-7-3-4-10-19-15/h1-11H. The van der Waals surface area contributed by atoms with Crippen LogP contribution in [0.2, 0.25) is 0 Å². The molecule has 0 saturated carbocycles. The molecule has 4 nitrogen and oxygen atoms in total. The summed E-state index contributed by atoms with van der Waals surface area (Å²) in [5, 5.41) is 0.815. The molecular weight excluding hydrogens is 274 g/mol. The second kappa shape index (κ2) is 5.00. The minimum atomic E-state index is 0.568. The van der Waals surface area contributed by atoms with Gasteiger partial charge >= 0.3 is 0 Å². The lowest BCUT2D eigenvalue weighted by Crippen LogP contribution is -1.95. The van der Waals surface area contributed by atoms with Crippen molar-refractivity contribution in [1.82, 2.24) is 15.0 Å². The SMILES string of the molecule is O=Cc1c2ccccc2nc2ccc(-c3ccccn3)nc12. The van der Waals surface area contributed by atoms with Gasteiger partial charge in [-0.25, -0.2) is 9.97 Å². The van der Waals surface area contributed by atoms with Gasteiger partial charge < -0.3 is 0 Å². The summed E-state index contributed by atoms with van der Waals surface area (Å²) in [5.74, 6) is 0. The largest absolute Gasteiger partial charge is 0.298 e. The number of aromatic nitrogens is 3. The van der Waals surface area contributed by atoms with E-state index in [-0.39, 0.29) is 0 Å². The van der Waals surface area contributed by atoms with Gasteiger partial charge in [0.15, 0.2) is 6.29 Å². The van der Waals surface area contributed by atoms with Crippen LogP contribution in [-0.2, 0) is 0 Å². The molecule has 0 atom stereocenters. The summed E-state index contributed by atoms with van der Waals surface area (Å²) in [5.41, 5.74) is 4.18. The van der Waals surface area contributed by atoms with E-state index in [1.807, 2.05) is 54.6 Å². The van der Waals surface area contributed by atoms with Gasteiger partial charge in [-0.15, -0.1) is 0 Å². The highest BCUT2D eigenvalue weighted by Gasteiger charge is 2.11. The van der Waals surface area contributed by atoms with Gasteiger partial charge in [-0.05, 0) is 30.3 Å². The molecule has 0 radical (unpaired) electrons. The molecule has 0 aliphatic rings. The predicted molar refractivity (Wildman–Crippen MR) is 85.7 cm³/mol. The Hall–Kier alpha value is -3.14. The molecule has 0 saturated heterocycles. The zero-order valence-electron chi connectivity index (χ0n) is 11.6. The van der Waals surface area contributed by atoms with Crippen LogP contribution in [0.3, 0.4) is 0 Å². The molecule has 0 aliphatic carbocycles. The van der Waals surface area contributed by atoms with E-state index >= 15 is 0 Å². The lowest BCUT2D eigenvalue weighted by molar-refractivity contribution is 0.112. The molecular formula is C18H11N3O. The summed E-state index contributed by atoms with van der Waals surface area (Å²) in [4.78, 5) is 25.1. The molecule has 0 unspecified atom stereocenters. The van der Waals surface area contributed by atoms with Crippen LogP contribution in [0.5, 0.6) is 0 Å². The fourth-order valence-corrected chi connectivity index (χ4v) is 2.57. The molecule has 0 N–H and O–H groups in total. The first-order valence-corrected chi connectivity index (χ1v) is 6.93. The molecule has 0 bridgehead atoms. The molecule has 0 aliphatic heterocycles. The average molecular weight is 285 g/mol. The van der Waals surface area contributed by atoms with Gasteiger partial charge in [0.2, 0.25) is 0 Å². The van der Waals surface area contributed by atoms with Crippen LogP contribution in [0.25, 0.3) is 33.3 Å². The monoisotopic (exact) mass is 285 g/mol. The van der Waals surface area contributed by atoms with Crippen LogP contribution in [0.15, 0.2) is 60.8 Å². The van der Waals surface area contributed by atoms with Crippen molar-refractivity contribution in [2.24, 2.45) is 0 Å². The number of carbonyl (C=O) groups excluding carboxylic acids is 1. The van der Waals surface area contributed by atoms with Gasteiger partial charge in [-0.2, -0.15) is 0 Å². The maximum absolute atomic E-state index is 11.6. The second-order valence-electron chi connectivity index (χ2n) is 4.94. The number of para-hydroxylation sites is 1. The number of rotatable bonds is 2. The minimum Gasteiger partial charge on any atom is -0.298 e. The first kappa shape index (κ1) is 12.6. The third-order valence-corrected chi connectivity index (χ3v) is 3.61. The Morgan fingerprint density at radius 3 is 2.45 bits per heavy atom. The topological polar surface area (TPSA) is 55.7 Å². The van der Waals surface area contributed by atoms with Crippen molar-refractivity contribution in [2.75, 3.05) is 0 Å². The van der Waals surface area contributed by atoms with E-state index in [1.54, 1.807) is 6.20 Å². The highest BCUT2D eigenvalue weighted by atomic mass is 16.1. The summed E-state index contributed by atoms with van der Waals surface area (Å²) in [6.45, 7) is 0. The van der Waals surface area contributed by atoms with Gasteiger partial charge in [-0.3, -0.25) is 9.78 Å². The summed E-state index contributed by atoms with van der Waals surface area (Å²) in [6.07, 6.45) is 2.57. The number of nitrogens with zero attached hydrogens (tertiary/aromatic N) is 3. The van der Waals surface area contributed by atoms with Crippen LogP contribution in [0, 0.1) is 0 Å². The van der Waals surface area contributed by atoms with Crippen molar-refractivity contribution >= 4 is 28.2 Å². The summed E-state index contributed by atoms with van der Waals surface area (Å²) in [7, 11) is 0. The molecule has 4 aromatic rings. The van der Waals surface area contributed by atoms with Crippen LogP contribution >= 0.6 is 0 Å². The average Bonchev–Trinajstić information content (AvgIpc) is 2.60. The highest BCUT2D eigenvalue weighted by molar-refractivity contribution is 6.08. The van der Waals surface area contributed by atoms with Crippen molar-refractivity contribution in [2.45, 2.75) is 0 Å². The molecule has 0 fully saturated rings. The number of carbonyl (C=O) groups is 1. The maximum Gasteiger partial charge on any atom is 0.152 e. The Morgan fingerprint density at radius 1 is 0.773 bits per heavy atom. The smallest absolute Gasteiger partial charge is 0.152 e. The molecule has 22 heavy (non-hydrogen) atoms. The normalized spacial score (nSPS) is 10.9. The molecule has 0 amide bonds. The zero-order chi connectivity index (χ0) is 14.9. The van der Waals surface area contributed by atoms with Gasteiger partial charge in [0, 0.05) is 11.6 Å². The Labute approximate surface area is 126 Å². The number of aldehydes is 1. The van der Waals surface area contributed by atoms with E-state index in [2.05, 4.69) is 15.0 Å². The van der Waals surface area contributed by atoms with Crippen LogP contribution in [0.1, 0.15) is 10.4 Å². The molecule has 3 aromatic heterocycles. The van der Waals surface area contributed by atoms with E-state index in [4.69, 9.17) is 0 Å². The number of benzene rings is 1. The zero-order valence-corrected chi connectivity index (χ0v) is 11.6. The van der Waals surface area contributed by atoms with Gasteiger partial charge in [0.1, 0.15) is 5.52 Å². The van der Waals surface area contributed by atoms with E-state index in [0.29, 0.717) is 16.6 Å². The third-order valence-electron chi connectivity index (χ3n) is 3.61. The number of pyridine rings is 3. The van der Waals surface area contributed by atoms with Gasteiger partial charge in [0.25, 0.3) is 0 Å². The lowest BCUT2D eigenvalue weighted by atomic mass is 10.1. The number of fused-ring (bicyclic) bond motifs is 2. The lowest BCUT2D eigenvalue weighted by Gasteiger charge is -2.07. The third kappa shape index (κ3) is 1.93. The Balaban J connectivity index is 2.07. The summed E-state index contributed by atoms with van der Waals surface area (Å²) >= 11 is 0. The van der Waals surface area contributed by atoms with E-state index in [1.165, 1.54) is 0 Å². The molecule has 4 rings (SSSR count). The van der Waals surface area contributed by atoms with E-state index in [0.717, 1.165) is 28.6 Å². The summed E-state index contributed by atoms with van der Waals surface area (Å²) in [6, 6.07) is 17.0. The molecule has 1 aromatic carbocycles. The Morgan fingerprint density at radius 2 is 1.64 bits per heavy atom. The van der Waals surface area contributed by atoms with Crippen LogP contribution < -0.4 is 0 Å². The van der Waals surface area contributed by atoms with Crippen LogP contribution in [0.4, 0.5) is 0 Å². The molecule has 104 valence electrons. The van der Waals surface area contributed by atoms with Gasteiger partial charge in [-0.1, -0.05) is 24.3 Å². The highest BCUT2D eigenvalue weighted by Crippen LogP contribution is 2.25. The molecule has 0 spiro atoms. The van der Waals surface area contributed by atoms with Crippen LogP contribution in [-0.4, -0.2) is 21.2 Å². The molecule has 4 heteroatoms. The fraction of sp³-hybridized carbons (Fsp3) is 0. The second-order valence-corrected chi connectivity index (χ2v) is 4.94. The van der Waals surface area contributed by atoms with E-state index < -0.39 is 0 Å². The van der Waals surface area contributed by atoms with Crippen molar-refractivity contribution in [3.05, 3.63) is 66.4 Å². The minimum absolute atomic E-state index is 0.568. The maximum atomic E-state index is 11.6. The fourth-order valence-electron chi connectivity index (χ4n) is 2.57. The van der Waals surface area contributed by atoms with Crippen molar-refractivity contribution < 1.29 is 4.79 Å². The first-order chi connectivity index (χ1) is 10.9.